The van der Waals surface area contributed by atoms with Crippen LogP contribution in [0, 0.1) is 11.8 Å². The van der Waals surface area contributed by atoms with Crippen molar-refractivity contribution in [2.75, 3.05) is 26.2 Å². The number of carbonyl (C=O) groups is 1. The number of carboxylic acids is 1. The van der Waals surface area contributed by atoms with Gasteiger partial charge in [-0.15, -0.1) is 0 Å². The van der Waals surface area contributed by atoms with Crippen LogP contribution in [-0.4, -0.2) is 48.3 Å². The zero-order valence-electron chi connectivity index (χ0n) is 11.3. The van der Waals surface area contributed by atoms with Crippen LogP contribution in [0.5, 0.6) is 0 Å². The van der Waals surface area contributed by atoms with Gasteiger partial charge in [-0.3, -0.25) is 4.79 Å². The number of rotatable bonds is 5. The van der Waals surface area contributed by atoms with Gasteiger partial charge in [0, 0.05) is 26.1 Å². The van der Waals surface area contributed by atoms with E-state index in [4.69, 9.17) is 9.84 Å². The number of piperidine rings is 1. The second-order valence-electron chi connectivity index (χ2n) is 5.87. The zero-order valence-corrected chi connectivity index (χ0v) is 11.3. The fourth-order valence-corrected chi connectivity index (χ4v) is 3.24. The highest BCUT2D eigenvalue weighted by molar-refractivity contribution is 5.66. The molecule has 0 amide bonds. The molecule has 2 rings (SSSR count). The van der Waals surface area contributed by atoms with Crippen molar-refractivity contribution >= 4 is 5.97 Å². The predicted octanol–water partition coefficient (Wildman–Crippen LogP) is 1.99. The molecule has 0 aromatic carbocycles. The Labute approximate surface area is 109 Å². The molecule has 0 saturated carbocycles. The van der Waals surface area contributed by atoms with Gasteiger partial charge in [0.25, 0.3) is 0 Å². The third-order valence-electron chi connectivity index (χ3n) is 4.33. The minimum atomic E-state index is -0.668. The highest BCUT2D eigenvalue weighted by Crippen LogP contribution is 2.27. The molecule has 3 atom stereocenters. The molecule has 0 aromatic rings. The first-order valence-corrected chi connectivity index (χ1v) is 7.21. The summed E-state index contributed by atoms with van der Waals surface area (Å²) in [6.07, 6.45) is 5.47. The molecule has 0 aromatic heterocycles. The molecule has 2 aliphatic heterocycles. The summed E-state index contributed by atoms with van der Waals surface area (Å²) < 4.78 is 5.68. The summed E-state index contributed by atoms with van der Waals surface area (Å²) in [7, 11) is 0. The number of likely N-dealkylation sites (tertiary alicyclic amines) is 1. The van der Waals surface area contributed by atoms with Gasteiger partial charge in [0.05, 0.1) is 6.10 Å². The summed E-state index contributed by atoms with van der Waals surface area (Å²) in [6, 6.07) is 0. The topological polar surface area (TPSA) is 49.8 Å². The van der Waals surface area contributed by atoms with Crippen LogP contribution in [0.4, 0.5) is 0 Å². The Kier molecular flexibility index (Phi) is 5.01. The average molecular weight is 255 g/mol. The van der Waals surface area contributed by atoms with Gasteiger partial charge in [0.1, 0.15) is 0 Å². The number of hydrogen-bond acceptors (Lipinski definition) is 3. The van der Waals surface area contributed by atoms with Crippen LogP contribution >= 0.6 is 0 Å². The van der Waals surface area contributed by atoms with E-state index in [1.165, 1.54) is 25.7 Å². The van der Waals surface area contributed by atoms with E-state index < -0.39 is 5.97 Å². The van der Waals surface area contributed by atoms with Crippen LogP contribution < -0.4 is 0 Å². The summed E-state index contributed by atoms with van der Waals surface area (Å²) in [5.41, 5.74) is 0. The summed E-state index contributed by atoms with van der Waals surface area (Å²) >= 11 is 0. The van der Waals surface area contributed by atoms with Crippen molar-refractivity contribution in [1.82, 2.24) is 4.90 Å². The lowest BCUT2D eigenvalue weighted by molar-refractivity contribution is -0.138. The smallest absolute Gasteiger partial charge is 0.303 e. The molecule has 2 aliphatic rings. The maximum atomic E-state index is 10.8. The molecule has 1 N–H and O–H groups in total. The molecule has 104 valence electrons. The van der Waals surface area contributed by atoms with E-state index in [0.717, 1.165) is 26.2 Å². The number of ether oxygens (including phenoxy) is 1. The van der Waals surface area contributed by atoms with Crippen LogP contribution in [0.2, 0.25) is 0 Å². The van der Waals surface area contributed by atoms with Gasteiger partial charge in [0.2, 0.25) is 0 Å². The maximum Gasteiger partial charge on any atom is 0.303 e. The van der Waals surface area contributed by atoms with E-state index in [2.05, 4.69) is 11.8 Å². The van der Waals surface area contributed by atoms with Crippen molar-refractivity contribution in [3.63, 3.8) is 0 Å². The highest BCUT2D eigenvalue weighted by Gasteiger charge is 2.28. The largest absolute Gasteiger partial charge is 0.481 e. The molecule has 2 saturated heterocycles. The van der Waals surface area contributed by atoms with E-state index in [1.807, 2.05) is 0 Å². The molecular weight excluding hydrogens is 230 g/mol. The first-order valence-electron chi connectivity index (χ1n) is 7.21. The summed E-state index contributed by atoms with van der Waals surface area (Å²) in [4.78, 5) is 13.3. The van der Waals surface area contributed by atoms with Crippen molar-refractivity contribution in [1.29, 1.82) is 0 Å². The Bertz CT molecular complexity index is 276. The van der Waals surface area contributed by atoms with Crippen molar-refractivity contribution in [3.8, 4) is 0 Å². The fraction of sp³-hybridized carbons (Fsp3) is 0.929. The molecule has 0 spiro atoms. The Balaban J connectivity index is 1.78. The van der Waals surface area contributed by atoms with Crippen molar-refractivity contribution in [2.24, 2.45) is 11.8 Å². The molecule has 4 heteroatoms. The Morgan fingerprint density at radius 2 is 2.28 bits per heavy atom. The van der Waals surface area contributed by atoms with Gasteiger partial charge >= 0.3 is 5.97 Å². The first-order chi connectivity index (χ1) is 8.65. The lowest BCUT2D eigenvalue weighted by atomic mass is 9.84. The number of aliphatic carboxylic acids is 1. The highest BCUT2D eigenvalue weighted by atomic mass is 16.5. The predicted molar refractivity (Wildman–Crippen MR) is 69.6 cm³/mol. The molecular formula is C14H25NO3. The minimum Gasteiger partial charge on any atom is -0.481 e. The number of nitrogens with zero attached hydrogens (tertiary/aromatic N) is 1. The van der Waals surface area contributed by atoms with E-state index in [9.17, 15) is 4.79 Å². The van der Waals surface area contributed by atoms with Crippen LogP contribution in [0.15, 0.2) is 0 Å². The summed E-state index contributed by atoms with van der Waals surface area (Å²) in [5, 5.41) is 8.88. The Morgan fingerprint density at radius 1 is 1.44 bits per heavy atom. The molecule has 2 heterocycles. The fourth-order valence-electron chi connectivity index (χ4n) is 3.24. The molecule has 0 bridgehead atoms. The van der Waals surface area contributed by atoms with Crippen LogP contribution in [0.3, 0.4) is 0 Å². The van der Waals surface area contributed by atoms with Crippen LogP contribution in [0.1, 0.15) is 39.0 Å². The normalized spacial score (nSPS) is 31.4. The standard InChI is InChI=1S/C14H25NO3/c1-11(8-14(16)17)12-4-2-6-15(9-12)10-13-5-3-7-18-13/h11-13H,2-10H2,1H3,(H,16,17). The summed E-state index contributed by atoms with van der Waals surface area (Å²) in [5.74, 6) is 0.157. The van der Waals surface area contributed by atoms with Gasteiger partial charge in [0.15, 0.2) is 0 Å². The van der Waals surface area contributed by atoms with Crippen LogP contribution in [0.25, 0.3) is 0 Å². The maximum absolute atomic E-state index is 10.8. The second kappa shape index (κ2) is 6.53. The lowest BCUT2D eigenvalue weighted by Gasteiger charge is -2.36. The average Bonchev–Trinajstić information content (AvgIpc) is 2.81. The third-order valence-corrected chi connectivity index (χ3v) is 4.33. The van der Waals surface area contributed by atoms with Crippen molar-refractivity contribution < 1.29 is 14.6 Å². The van der Waals surface area contributed by atoms with E-state index in [1.54, 1.807) is 0 Å². The number of hydrogen-bond donors (Lipinski definition) is 1. The van der Waals surface area contributed by atoms with Crippen molar-refractivity contribution in [3.05, 3.63) is 0 Å². The Morgan fingerprint density at radius 3 is 2.94 bits per heavy atom. The van der Waals surface area contributed by atoms with E-state index in [0.29, 0.717) is 18.4 Å². The molecule has 3 unspecified atom stereocenters. The minimum absolute atomic E-state index is 0.287. The van der Waals surface area contributed by atoms with E-state index in [-0.39, 0.29) is 5.92 Å². The monoisotopic (exact) mass is 255 g/mol. The Hall–Kier alpha value is -0.610. The number of carboxylic acid groups (broad SMARTS) is 1. The van der Waals surface area contributed by atoms with Gasteiger partial charge in [-0.2, -0.15) is 0 Å². The van der Waals surface area contributed by atoms with Crippen molar-refractivity contribution in [2.45, 2.75) is 45.1 Å². The molecule has 0 aliphatic carbocycles. The first kappa shape index (κ1) is 13.8. The SMILES string of the molecule is CC(CC(=O)O)C1CCCN(CC2CCCO2)C1. The van der Waals surface area contributed by atoms with Gasteiger partial charge < -0.3 is 14.7 Å². The molecule has 0 radical (unpaired) electrons. The lowest BCUT2D eigenvalue weighted by Crippen LogP contribution is -2.42. The molecule has 18 heavy (non-hydrogen) atoms. The second-order valence-corrected chi connectivity index (χ2v) is 5.87. The van der Waals surface area contributed by atoms with Gasteiger partial charge in [-0.1, -0.05) is 6.92 Å². The quantitative estimate of drug-likeness (QED) is 0.816. The van der Waals surface area contributed by atoms with E-state index >= 15 is 0 Å². The van der Waals surface area contributed by atoms with Crippen LogP contribution in [-0.2, 0) is 9.53 Å². The summed E-state index contributed by atoms with van der Waals surface area (Å²) in [6.45, 7) is 6.23. The van der Waals surface area contributed by atoms with Gasteiger partial charge in [-0.25, -0.2) is 0 Å². The molecule has 2 fully saturated rings. The van der Waals surface area contributed by atoms with Gasteiger partial charge in [-0.05, 0) is 44.1 Å². The molecule has 4 nitrogen and oxygen atoms in total. The zero-order chi connectivity index (χ0) is 13.0. The third kappa shape index (κ3) is 3.95.